The highest BCUT2D eigenvalue weighted by molar-refractivity contribution is 5.92. The maximum absolute atomic E-state index is 12.8. The summed E-state index contributed by atoms with van der Waals surface area (Å²) in [4.78, 5) is 28.3. The van der Waals surface area contributed by atoms with E-state index in [2.05, 4.69) is 25.8 Å². The number of hydrogen-bond acceptors (Lipinski definition) is 7. The first kappa shape index (κ1) is 19.4. The van der Waals surface area contributed by atoms with Crippen LogP contribution in [-0.2, 0) is 4.74 Å². The summed E-state index contributed by atoms with van der Waals surface area (Å²) >= 11 is 0. The number of benzene rings is 1. The first-order chi connectivity index (χ1) is 14.2. The Bertz CT molecular complexity index is 861. The summed E-state index contributed by atoms with van der Waals surface area (Å²) in [5, 5.41) is 0. The first-order valence-electron chi connectivity index (χ1n) is 10.0. The molecule has 1 amide bonds. The van der Waals surface area contributed by atoms with Gasteiger partial charge in [-0.1, -0.05) is 12.1 Å². The fourth-order valence-corrected chi connectivity index (χ4v) is 3.77. The molecule has 154 valence electrons. The number of amides is 1. The van der Waals surface area contributed by atoms with E-state index in [0.717, 1.165) is 43.3 Å². The fraction of sp³-hybridized carbons (Fsp3) is 0.476. The van der Waals surface area contributed by atoms with E-state index in [4.69, 9.17) is 9.47 Å². The Morgan fingerprint density at radius 1 is 1.00 bits per heavy atom. The normalized spacial score (nSPS) is 17.4. The lowest BCUT2D eigenvalue weighted by atomic mass is 10.2. The lowest BCUT2D eigenvalue weighted by Crippen LogP contribution is -2.47. The first-order valence-corrected chi connectivity index (χ1v) is 10.0. The van der Waals surface area contributed by atoms with Gasteiger partial charge in [0.15, 0.2) is 0 Å². The maximum Gasteiger partial charge on any atom is 0.272 e. The van der Waals surface area contributed by atoms with Crippen LogP contribution in [0.4, 0.5) is 11.6 Å². The predicted molar refractivity (Wildman–Crippen MR) is 111 cm³/mol. The highest BCUT2D eigenvalue weighted by atomic mass is 16.5. The summed E-state index contributed by atoms with van der Waals surface area (Å²) in [5.74, 6) is 1.46. The summed E-state index contributed by atoms with van der Waals surface area (Å²) in [6, 6.07) is 9.83. The van der Waals surface area contributed by atoms with Gasteiger partial charge in [-0.15, -0.1) is 0 Å². The molecule has 8 nitrogen and oxygen atoms in total. The highest BCUT2D eigenvalue weighted by Gasteiger charge is 2.24. The molecule has 3 heterocycles. The van der Waals surface area contributed by atoms with E-state index in [-0.39, 0.29) is 5.91 Å². The Morgan fingerprint density at radius 2 is 1.69 bits per heavy atom. The summed E-state index contributed by atoms with van der Waals surface area (Å²) in [7, 11) is 1.70. The van der Waals surface area contributed by atoms with Gasteiger partial charge in [0.1, 0.15) is 11.4 Å². The van der Waals surface area contributed by atoms with Crippen molar-refractivity contribution in [1.29, 1.82) is 0 Å². The molecule has 0 spiro atoms. The van der Waals surface area contributed by atoms with E-state index in [1.807, 2.05) is 25.1 Å². The molecule has 0 atom stereocenters. The lowest BCUT2D eigenvalue weighted by Gasteiger charge is -2.36. The van der Waals surface area contributed by atoms with Gasteiger partial charge in [0.2, 0.25) is 5.95 Å². The molecule has 4 rings (SSSR count). The van der Waals surface area contributed by atoms with Crippen LogP contribution < -0.4 is 14.5 Å². The van der Waals surface area contributed by atoms with Gasteiger partial charge in [-0.3, -0.25) is 4.79 Å². The Labute approximate surface area is 171 Å². The van der Waals surface area contributed by atoms with Gasteiger partial charge >= 0.3 is 0 Å². The molecule has 0 aliphatic carbocycles. The number of aromatic nitrogens is 2. The monoisotopic (exact) mass is 397 g/mol. The van der Waals surface area contributed by atoms with Gasteiger partial charge < -0.3 is 24.2 Å². The van der Waals surface area contributed by atoms with Crippen LogP contribution in [0.3, 0.4) is 0 Å². The molecule has 0 radical (unpaired) electrons. The van der Waals surface area contributed by atoms with Gasteiger partial charge in [-0.05, 0) is 25.1 Å². The topological polar surface area (TPSA) is 71.0 Å². The molecule has 0 saturated carbocycles. The van der Waals surface area contributed by atoms with Crippen molar-refractivity contribution in [2.75, 3.05) is 69.4 Å². The van der Waals surface area contributed by atoms with Crippen LogP contribution in [-0.4, -0.2) is 80.4 Å². The van der Waals surface area contributed by atoms with Crippen molar-refractivity contribution in [3.8, 4) is 5.75 Å². The molecular weight excluding hydrogens is 370 g/mol. The number of carbonyl (C=O) groups excluding carboxylic acids is 1. The molecule has 0 N–H and O–H groups in total. The van der Waals surface area contributed by atoms with Gasteiger partial charge in [0, 0.05) is 45.0 Å². The molecule has 0 bridgehead atoms. The van der Waals surface area contributed by atoms with Crippen molar-refractivity contribution in [2.45, 2.75) is 6.92 Å². The number of morpholine rings is 1. The lowest BCUT2D eigenvalue weighted by molar-refractivity contribution is 0.0299. The van der Waals surface area contributed by atoms with Gasteiger partial charge in [0.05, 0.1) is 26.0 Å². The average molecular weight is 397 g/mol. The molecule has 1 aromatic heterocycles. The second-order valence-electron chi connectivity index (χ2n) is 7.25. The van der Waals surface area contributed by atoms with E-state index >= 15 is 0 Å². The third-order valence-electron chi connectivity index (χ3n) is 5.35. The zero-order valence-corrected chi connectivity index (χ0v) is 17.0. The van der Waals surface area contributed by atoms with E-state index in [1.54, 1.807) is 18.1 Å². The van der Waals surface area contributed by atoms with Crippen molar-refractivity contribution in [3.05, 3.63) is 41.7 Å². The van der Waals surface area contributed by atoms with Crippen molar-refractivity contribution < 1.29 is 14.3 Å². The molecule has 2 aliphatic rings. The van der Waals surface area contributed by atoms with Crippen LogP contribution in [0.1, 0.15) is 16.2 Å². The van der Waals surface area contributed by atoms with Crippen LogP contribution in [0.2, 0.25) is 0 Å². The minimum atomic E-state index is -0.0484. The molecule has 2 saturated heterocycles. The molecule has 29 heavy (non-hydrogen) atoms. The number of aryl methyl sites for hydroxylation is 1. The van der Waals surface area contributed by atoms with Crippen LogP contribution in [0, 0.1) is 6.92 Å². The van der Waals surface area contributed by atoms with Crippen molar-refractivity contribution >= 4 is 17.5 Å². The van der Waals surface area contributed by atoms with Crippen LogP contribution >= 0.6 is 0 Å². The Balaban J connectivity index is 1.47. The molecule has 2 aromatic rings. The summed E-state index contributed by atoms with van der Waals surface area (Å²) in [6.45, 7) is 7.52. The minimum Gasteiger partial charge on any atom is -0.495 e. The third kappa shape index (κ3) is 4.27. The van der Waals surface area contributed by atoms with Crippen LogP contribution in [0.25, 0.3) is 0 Å². The average Bonchev–Trinajstić information content (AvgIpc) is 2.79. The number of anilines is 2. The van der Waals surface area contributed by atoms with E-state index in [0.29, 0.717) is 37.9 Å². The largest absolute Gasteiger partial charge is 0.495 e. The number of rotatable bonds is 4. The number of para-hydroxylation sites is 2. The number of carbonyl (C=O) groups is 1. The minimum absolute atomic E-state index is 0.0484. The standard InChI is InChI=1S/C21H27N5O3/c1-16-15-17(20(27)25-11-13-29-14-12-25)23-21(22-16)26-9-7-24(8-10-26)18-5-3-4-6-19(18)28-2/h3-6,15H,7-14H2,1-2H3. The Kier molecular flexibility index (Phi) is 5.80. The Hall–Kier alpha value is -2.87. The second-order valence-corrected chi connectivity index (χ2v) is 7.25. The van der Waals surface area contributed by atoms with Gasteiger partial charge in [0.25, 0.3) is 5.91 Å². The zero-order valence-electron chi connectivity index (χ0n) is 17.0. The van der Waals surface area contributed by atoms with Crippen molar-refractivity contribution in [1.82, 2.24) is 14.9 Å². The molecule has 2 aliphatic heterocycles. The number of nitrogens with zero attached hydrogens (tertiary/aromatic N) is 5. The Morgan fingerprint density at radius 3 is 2.41 bits per heavy atom. The van der Waals surface area contributed by atoms with Crippen LogP contribution in [0.15, 0.2) is 30.3 Å². The summed E-state index contributed by atoms with van der Waals surface area (Å²) in [6.07, 6.45) is 0. The number of ether oxygens (including phenoxy) is 2. The van der Waals surface area contributed by atoms with Crippen molar-refractivity contribution in [2.24, 2.45) is 0 Å². The second kappa shape index (κ2) is 8.65. The molecular formula is C21H27N5O3. The molecule has 8 heteroatoms. The maximum atomic E-state index is 12.8. The zero-order chi connectivity index (χ0) is 20.2. The smallest absolute Gasteiger partial charge is 0.272 e. The number of hydrogen-bond donors (Lipinski definition) is 0. The van der Waals surface area contributed by atoms with E-state index < -0.39 is 0 Å². The van der Waals surface area contributed by atoms with Gasteiger partial charge in [-0.25, -0.2) is 9.97 Å². The quantitative estimate of drug-likeness (QED) is 0.776. The number of methoxy groups -OCH3 is 1. The highest BCUT2D eigenvalue weighted by Crippen LogP contribution is 2.28. The van der Waals surface area contributed by atoms with E-state index in [9.17, 15) is 4.79 Å². The SMILES string of the molecule is COc1ccccc1N1CCN(c2nc(C)cc(C(=O)N3CCOCC3)n2)CC1. The van der Waals surface area contributed by atoms with Crippen LogP contribution in [0.5, 0.6) is 5.75 Å². The molecule has 2 fully saturated rings. The van der Waals surface area contributed by atoms with Crippen molar-refractivity contribution in [3.63, 3.8) is 0 Å². The van der Waals surface area contributed by atoms with E-state index in [1.165, 1.54) is 0 Å². The molecule has 1 aromatic carbocycles. The summed E-state index contributed by atoms with van der Waals surface area (Å²) < 4.78 is 10.8. The molecule has 0 unspecified atom stereocenters. The summed E-state index contributed by atoms with van der Waals surface area (Å²) in [5.41, 5.74) is 2.36. The van der Waals surface area contributed by atoms with Gasteiger partial charge in [-0.2, -0.15) is 0 Å². The number of piperazine rings is 1. The predicted octanol–water partition coefficient (Wildman–Crippen LogP) is 1.59. The fourth-order valence-electron chi connectivity index (χ4n) is 3.77. The third-order valence-corrected chi connectivity index (χ3v) is 5.35.